The van der Waals surface area contributed by atoms with Crippen molar-refractivity contribution in [2.24, 2.45) is 11.3 Å². The minimum Gasteiger partial charge on any atom is -0.381 e. The third kappa shape index (κ3) is 5.06. The number of ether oxygens (including phenoxy) is 1. The lowest BCUT2D eigenvalue weighted by molar-refractivity contribution is -0.145. The van der Waals surface area contributed by atoms with Crippen LogP contribution in [0.5, 0.6) is 0 Å². The monoisotopic (exact) mass is 478 g/mol. The molecule has 1 aromatic rings. The van der Waals surface area contributed by atoms with Gasteiger partial charge in [-0.05, 0) is 79.7 Å². The predicted octanol–water partition coefficient (Wildman–Crippen LogP) is 5.28. The number of halogens is 3. The SMILES string of the molecule is C=CCc1cc(C(F)(F)F)cc2c1CCN(C(=O)[C@@]1(C(C)C)CC[C@@H](NC3CCOCC3)C1)C2. The number of nitrogens with zero attached hydrogens (tertiary/aromatic N) is 1. The van der Waals surface area contributed by atoms with Gasteiger partial charge >= 0.3 is 6.18 Å². The van der Waals surface area contributed by atoms with Gasteiger partial charge in [-0.15, -0.1) is 6.58 Å². The summed E-state index contributed by atoms with van der Waals surface area (Å²) in [6.45, 7) is 10.3. The van der Waals surface area contributed by atoms with E-state index >= 15 is 0 Å². The zero-order valence-corrected chi connectivity index (χ0v) is 20.3. The molecule has 7 heteroatoms. The van der Waals surface area contributed by atoms with Crippen LogP contribution in [0.25, 0.3) is 0 Å². The first-order chi connectivity index (χ1) is 16.1. The molecule has 1 aromatic carbocycles. The maximum atomic E-state index is 13.9. The van der Waals surface area contributed by atoms with E-state index in [1.54, 1.807) is 6.08 Å². The Hall–Kier alpha value is -1.86. The number of fused-ring (bicyclic) bond motifs is 1. The van der Waals surface area contributed by atoms with Gasteiger partial charge < -0.3 is 15.0 Å². The maximum absolute atomic E-state index is 13.9. The van der Waals surface area contributed by atoms with E-state index in [0.29, 0.717) is 42.6 Å². The smallest absolute Gasteiger partial charge is 0.381 e. The number of hydrogen-bond donors (Lipinski definition) is 1. The van der Waals surface area contributed by atoms with Crippen molar-refractivity contribution in [2.45, 2.75) is 83.6 Å². The first-order valence-electron chi connectivity index (χ1n) is 12.6. The van der Waals surface area contributed by atoms with E-state index in [2.05, 4.69) is 25.7 Å². The Morgan fingerprint density at radius 2 is 2.00 bits per heavy atom. The van der Waals surface area contributed by atoms with Crippen LogP contribution in [0.2, 0.25) is 0 Å². The molecule has 1 N–H and O–H groups in total. The largest absolute Gasteiger partial charge is 0.416 e. The topological polar surface area (TPSA) is 41.6 Å². The van der Waals surface area contributed by atoms with Crippen LogP contribution in [0.3, 0.4) is 0 Å². The van der Waals surface area contributed by atoms with Crippen LogP contribution in [0.15, 0.2) is 24.8 Å². The van der Waals surface area contributed by atoms with Gasteiger partial charge in [0, 0.05) is 38.4 Å². The lowest BCUT2D eigenvalue weighted by Crippen LogP contribution is -2.49. The van der Waals surface area contributed by atoms with Crippen molar-refractivity contribution in [2.75, 3.05) is 19.8 Å². The van der Waals surface area contributed by atoms with Crippen LogP contribution in [0.4, 0.5) is 13.2 Å². The summed E-state index contributed by atoms with van der Waals surface area (Å²) >= 11 is 0. The molecule has 0 radical (unpaired) electrons. The second-order valence-corrected chi connectivity index (χ2v) is 10.5. The molecule has 1 amide bonds. The Balaban J connectivity index is 1.54. The summed E-state index contributed by atoms with van der Waals surface area (Å²) in [6, 6.07) is 3.22. The molecule has 0 bridgehead atoms. The minimum absolute atomic E-state index is 0.104. The highest BCUT2D eigenvalue weighted by molar-refractivity contribution is 5.84. The average molecular weight is 479 g/mol. The van der Waals surface area contributed by atoms with Gasteiger partial charge in [0.1, 0.15) is 0 Å². The van der Waals surface area contributed by atoms with Crippen LogP contribution in [-0.4, -0.2) is 42.6 Å². The maximum Gasteiger partial charge on any atom is 0.416 e. The average Bonchev–Trinajstić information content (AvgIpc) is 3.23. The fourth-order valence-corrected chi connectivity index (χ4v) is 6.16. The van der Waals surface area contributed by atoms with Crippen molar-refractivity contribution < 1.29 is 22.7 Å². The molecule has 1 aliphatic carbocycles. The molecule has 2 atom stereocenters. The van der Waals surface area contributed by atoms with E-state index in [0.717, 1.165) is 50.9 Å². The molecule has 0 unspecified atom stereocenters. The van der Waals surface area contributed by atoms with Crippen molar-refractivity contribution in [1.82, 2.24) is 10.2 Å². The summed E-state index contributed by atoms with van der Waals surface area (Å²) in [7, 11) is 0. The first-order valence-corrected chi connectivity index (χ1v) is 12.6. The second-order valence-electron chi connectivity index (χ2n) is 10.5. The minimum atomic E-state index is -4.41. The summed E-state index contributed by atoms with van der Waals surface area (Å²) in [5.74, 6) is 0.271. The molecule has 34 heavy (non-hydrogen) atoms. The molecule has 0 spiro atoms. The van der Waals surface area contributed by atoms with E-state index in [-0.39, 0.29) is 18.4 Å². The Morgan fingerprint density at radius 1 is 1.26 bits per heavy atom. The van der Waals surface area contributed by atoms with Crippen molar-refractivity contribution in [3.8, 4) is 0 Å². The van der Waals surface area contributed by atoms with Crippen LogP contribution >= 0.6 is 0 Å². The lowest BCUT2D eigenvalue weighted by atomic mass is 9.73. The fourth-order valence-electron chi connectivity index (χ4n) is 6.16. The third-order valence-corrected chi connectivity index (χ3v) is 8.18. The van der Waals surface area contributed by atoms with Crippen molar-refractivity contribution in [3.63, 3.8) is 0 Å². The normalized spacial score (nSPS) is 26.1. The van der Waals surface area contributed by atoms with Gasteiger partial charge in [-0.3, -0.25) is 4.79 Å². The number of nitrogens with one attached hydrogen (secondary N) is 1. The van der Waals surface area contributed by atoms with E-state index < -0.39 is 17.2 Å². The zero-order valence-electron chi connectivity index (χ0n) is 20.3. The van der Waals surface area contributed by atoms with Gasteiger partial charge in [0.25, 0.3) is 0 Å². The Bertz CT molecular complexity index is 908. The molecule has 4 nitrogen and oxygen atoms in total. The molecule has 188 valence electrons. The Labute approximate surface area is 200 Å². The second kappa shape index (κ2) is 10.0. The highest BCUT2D eigenvalue weighted by Gasteiger charge is 2.50. The molecule has 4 rings (SSSR count). The summed E-state index contributed by atoms with van der Waals surface area (Å²) in [5.41, 5.74) is 1.14. The molecular weight excluding hydrogens is 441 g/mol. The van der Waals surface area contributed by atoms with Gasteiger partial charge in [-0.25, -0.2) is 0 Å². The molecular formula is C27H37F3N2O2. The number of alkyl halides is 3. The van der Waals surface area contributed by atoms with Gasteiger partial charge in [-0.2, -0.15) is 13.2 Å². The number of carbonyl (C=O) groups excluding carboxylic acids is 1. The molecule has 1 saturated carbocycles. The van der Waals surface area contributed by atoms with E-state index in [1.165, 1.54) is 12.1 Å². The van der Waals surface area contributed by atoms with Crippen molar-refractivity contribution >= 4 is 5.91 Å². The molecule has 2 fully saturated rings. The van der Waals surface area contributed by atoms with E-state index in [1.807, 2.05) is 4.90 Å². The highest BCUT2D eigenvalue weighted by Crippen LogP contribution is 2.47. The lowest BCUT2D eigenvalue weighted by Gasteiger charge is -2.40. The van der Waals surface area contributed by atoms with Gasteiger partial charge in [-0.1, -0.05) is 19.9 Å². The summed E-state index contributed by atoms with van der Waals surface area (Å²) < 4.78 is 46.1. The summed E-state index contributed by atoms with van der Waals surface area (Å²) in [6.07, 6.45) is 2.76. The number of benzene rings is 1. The van der Waals surface area contributed by atoms with Crippen LogP contribution < -0.4 is 5.32 Å². The molecule has 2 heterocycles. The number of carbonyl (C=O) groups is 1. The number of rotatable bonds is 6. The van der Waals surface area contributed by atoms with Crippen molar-refractivity contribution in [1.29, 1.82) is 0 Å². The van der Waals surface area contributed by atoms with Crippen LogP contribution in [0.1, 0.15) is 68.2 Å². The van der Waals surface area contributed by atoms with E-state index in [9.17, 15) is 18.0 Å². The van der Waals surface area contributed by atoms with Crippen LogP contribution in [-0.2, 0) is 35.1 Å². The molecule has 2 aliphatic heterocycles. The van der Waals surface area contributed by atoms with E-state index in [4.69, 9.17) is 4.74 Å². The third-order valence-electron chi connectivity index (χ3n) is 8.18. The standard InChI is InChI=1S/C27H37F3N2O2/c1-4-5-19-14-21(27(28,29)30)15-20-17-32(11-7-24(19)20)25(33)26(18(2)3)10-6-23(16-26)31-22-8-12-34-13-9-22/h4,14-15,18,22-23,31H,1,5-13,16-17H2,2-3H3/t23-,26+/m1/s1. The van der Waals surface area contributed by atoms with Crippen LogP contribution in [0, 0.1) is 11.3 Å². The first kappa shape index (κ1) is 25.2. The zero-order chi connectivity index (χ0) is 24.5. The quantitative estimate of drug-likeness (QED) is 0.566. The summed E-state index contributed by atoms with van der Waals surface area (Å²) in [4.78, 5) is 15.8. The Kier molecular flexibility index (Phi) is 7.44. The summed E-state index contributed by atoms with van der Waals surface area (Å²) in [5, 5.41) is 3.76. The van der Waals surface area contributed by atoms with Gasteiger partial charge in [0.15, 0.2) is 0 Å². The molecule has 0 aromatic heterocycles. The van der Waals surface area contributed by atoms with Crippen molar-refractivity contribution in [3.05, 3.63) is 47.0 Å². The number of allylic oxidation sites excluding steroid dienone is 1. The highest BCUT2D eigenvalue weighted by atomic mass is 19.4. The van der Waals surface area contributed by atoms with Gasteiger partial charge in [0.2, 0.25) is 5.91 Å². The number of amides is 1. The molecule has 3 aliphatic rings. The van der Waals surface area contributed by atoms with Gasteiger partial charge in [0.05, 0.1) is 11.0 Å². The molecule has 1 saturated heterocycles. The Morgan fingerprint density at radius 3 is 2.65 bits per heavy atom. The number of hydrogen-bond acceptors (Lipinski definition) is 3. The fraction of sp³-hybridized carbons (Fsp3) is 0.667. The predicted molar refractivity (Wildman–Crippen MR) is 126 cm³/mol.